The fraction of sp³-hybridized carbons (Fsp3) is 0.333. The Morgan fingerprint density at radius 3 is 2.06 bits per heavy atom. The minimum Gasteiger partial charge on any atom is -0.390 e. The number of carbonyl (C=O) groups excluding carboxylic acids is 2. The first-order valence-corrected chi connectivity index (χ1v) is 11.4. The van der Waals surface area contributed by atoms with Crippen LogP contribution in [0.3, 0.4) is 0 Å². The van der Waals surface area contributed by atoms with E-state index in [0.29, 0.717) is 54.9 Å². The van der Waals surface area contributed by atoms with Crippen LogP contribution in [-0.4, -0.2) is 83.0 Å². The first kappa shape index (κ1) is 22.8. The Bertz CT molecular complexity index is 987. The summed E-state index contributed by atoms with van der Waals surface area (Å²) in [6.07, 6.45) is 2.67. The number of rotatable bonds is 4. The number of halogens is 2. The lowest BCUT2D eigenvalue weighted by atomic mass is 10.1. The third kappa shape index (κ3) is 5.33. The van der Waals surface area contributed by atoms with Crippen molar-refractivity contribution in [3.8, 4) is 0 Å². The van der Waals surface area contributed by atoms with Gasteiger partial charge in [0.25, 0.3) is 5.91 Å². The van der Waals surface area contributed by atoms with Crippen LogP contribution in [-0.2, 0) is 4.79 Å². The van der Waals surface area contributed by atoms with Crippen molar-refractivity contribution in [2.45, 2.75) is 12.1 Å². The zero-order valence-corrected chi connectivity index (χ0v) is 19.0. The Balaban J connectivity index is 1.30. The van der Waals surface area contributed by atoms with E-state index >= 15 is 0 Å². The first-order valence-electron chi connectivity index (χ1n) is 10.6. The van der Waals surface area contributed by atoms with Gasteiger partial charge < -0.3 is 14.9 Å². The molecule has 2 aromatic rings. The molecular weight excluding hydrogens is 449 g/mol. The smallest absolute Gasteiger partial charge is 0.253 e. The van der Waals surface area contributed by atoms with Gasteiger partial charge in [-0.2, -0.15) is 0 Å². The molecule has 2 aliphatic rings. The molecule has 0 aliphatic carbocycles. The molecule has 0 saturated carbocycles. The van der Waals surface area contributed by atoms with Crippen molar-refractivity contribution in [2.24, 2.45) is 0 Å². The molecule has 2 unspecified atom stereocenters. The van der Waals surface area contributed by atoms with E-state index in [4.69, 9.17) is 23.2 Å². The maximum atomic E-state index is 12.7. The summed E-state index contributed by atoms with van der Waals surface area (Å²) in [5.74, 6) is -0.143. The zero-order valence-electron chi connectivity index (χ0n) is 17.5. The number of aliphatic hydroxyl groups is 1. The van der Waals surface area contributed by atoms with Crippen LogP contribution >= 0.6 is 23.2 Å². The second-order valence-corrected chi connectivity index (χ2v) is 8.97. The monoisotopic (exact) mass is 473 g/mol. The number of hydrogen-bond donors (Lipinski definition) is 1. The highest BCUT2D eigenvalue weighted by molar-refractivity contribution is 6.30. The van der Waals surface area contributed by atoms with Crippen molar-refractivity contribution in [1.29, 1.82) is 0 Å². The fourth-order valence-electron chi connectivity index (χ4n) is 4.19. The highest BCUT2D eigenvalue weighted by Crippen LogP contribution is 2.20. The molecule has 0 aromatic heterocycles. The molecule has 2 aliphatic heterocycles. The summed E-state index contributed by atoms with van der Waals surface area (Å²) in [4.78, 5) is 31.0. The number of β-amino-alcohol motifs (C(OH)–C–C–N with tert-alkyl or cyclic N) is 1. The number of piperazine rings is 1. The lowest BCUT2D eigenvalue weighted by Gasteiger charge is -2.38. The predicted octanol–water partition coefficient (Wildman–Crippen LogP) is 3.04. The van der Waals surface area contributed by atoms with E-state index in [9.17, 15) is 14.7 Å². The maximum Gasteiger partial charge on any atom is 0.253 e. The van der Waals surface area contributed by atoms with E-state index in [-0.39, 0.29) is 17.9 Å². The Hall–Kier alpha value is -2.38. The Labute approximate surface area is 197 Å². The highest BCUT2D eigenvalue weighted by atomic mass is 35.5. The Morgan fingerprint density at radius 1 is 0.844 bits per heavy atom. The summed E-state index contributed by atoms with van der Waals surface area (Å²) in [5, 5.41) is 11.8. The normalized spacial score (nSPS) is 22.0. The van der Waals surface area contributed by atoms with Gasteiger partial charge in [0.05, 0.1) is 12.1 Å². The molecule has 4 rings (SSSR count). The average Bonchev–Trinajstić information content (AvgIpc) is 3.20. The van der Waals surface area contributed by atoms with E-state index in [2.05, 4.69) is 4.90 Å². The molecule has 8 heteroatoms. The van der Waals surface area contributed by atoms with Crippen molar-refractivity contribution in [2.75, 3.05) is 39.3 Å². The van der Waals surface area contributed by atoms with Gasteiger partial charge in [-0.3, -0.25) is 14.5 Å². The van der Waals surface area contributed by atoms with Crippen LogP contribution in [0.15, 0.2) is 54.6 Å². The van der Waals surface area contributed by atoms with E-state index < -0.39 is 6.10 Å². The van der Waals surface area contributed by atoms with Gasteiger partial charge >= 0.3 is 0 Å². The van der Waals surface area contributed by atoms with E-state index in [1.165, 1.54) is 6.08 Å². The number of carbonyl (C=O) groups is 2. The summed E-state index contributed by atoms with van der Waals surface area (Å²) in [6, 6.07) is 14.0. The van der Waals surface area contributed by atoms with Gasteiger partial charge in [0.2, 0.25) is 5.91 Å². The zero-order chi connectivity index (χ0) is 22.7. The first-order chi connectivity index (χ1) is 15.4. The van der Waals surface area contributed by atoms with Gasteiger partial charge in [0.1, 0.15) is 0 Å². The van der Waals surface area contributed by atoms with Gasteiger partial charge in [0.15, 0.2) is 0 Å². The average molecular weight is 474 g/mol. The third-order valence-corrected chi connectivity index (χ3v) is 6.52. The molecule has 168 valence electrons. The number of nitrogens with zero attached hydrogens (tertiary/aromatic N) is 3. The summed E-state index contributed by atoms with van der Waals surface area (Å²) in [6.45, 7) is 3.24. The number of hydrogen-bond acceptors (Lipinski definition) is 4. The molecule has 0 bridgehead atoms. The molecule has 2 fully saturated rings. The lowest BCUT2D eigenvalue weighted by molar-refractivity contribution is -0.125. The fourth-order valence-corrected chi connectivity index (χ4v) is 4.44. The SMILES string of the molecule is O=C(C=Cc1ccc(Cl)cc1)N1CC(O)C(N2CCN(C(=O)c3ccc(Cl)cc3)CC2)C1. The molecule has 2 heterocycles. The quantitative estimate of drug-likeness (QED) is 0.693. The second-order valence-electron chi connectivity index (χ2n) is 8.10. The molecule has 0 radical (unpaired) electrons. The molecule has 0 spiro atoms. The molecule has 2 amide bonds. The van der Waals surface area contributed by atoms with Crippen molar-refractivity contribution in [1.82, 2.24) is 14.7 Å². The highest BCUT2D eigenvalue weighted by Gasteiger charge is 2.38. The lowest BCUT2D eigenvalue weighted by Crippen LogP contribution is -2.54. The number of amides is 2. The Kier molecular flexibility index (Phi) is 7.16. The van der Waals surface area contributed by atoms with Crippen LogP contribution in [0.1, 0.15) is 15.9 Å². The molecule has 32 heavy (non-hydrogen) atoms. The van der Waals surface area contributed by atoms with Crippen molar-refractivity contribution in [3.63, 3.8) is 0 Å². The summed E-state index contributed by atoms with van der Waals surface area (Å²) >= 11 is 11.8. The van der Waals surface area contributed by atoms with Crippen LogP contribution in [0.5, 0.6) is 0 Å². The molecule has 1 N–H and O–H groups in total. The van der Waals surface area contributed by atoms with Crippen LogP contribution in [0, 0.1) is 0 Å². The predicted molar refractivity (Wildman–Crippen MR) is 126 cm³/mol. The third-order valence-electron chi connectivity index (χ3n) is 6.02. The molecular formula is C24H25Cl2N3O3. The topological polar surface area (TPSA) is 64.1 Å². The van der Waals surface area contributed by atoms with Crippen molar-refractivity contribution >= 4 is 41.1 Å². The van der Waals surface area contributed by atoms with Gasteiger partial charge in [-0.05, 0) is 48.0 Å². The second kappa shape index (κ2) is 10.0. The van der Waals surface area contributed by atoms with E-state index in [1.54, 1.807) is 47.4 Å². The summed E-state index contributed by atoms with van der Waals surface area (Å²) in [5.41, 5.74) is 1.51. The summed E-state index contributed by atoms with van der Waals surface area (Å²) in [7, 11) is 0. The van der Waals surface area contributed by atoms with E-state index in [1.807, 2.05) is 17.0 Å². The largest absolute Gasteiger partial charge is 0.390 e. The van der Waals surface area contributed by atoms with Gasteiger partial charge in [-0.1, -0.05) is 35.3 Å². The van der Waals surface area contributed by atoms with Gasteiger partial charge in [-0.15, -0.1) is 0 Å². The standard InChI is InChI=1S/C24H25Cl2N3O3/c25-19-6-1-17(2-7-19)3-10-23(31)29-15-21(22(30)16-29)27-11-13-28(14-12-27)24(32)18-4-8-20(26)9-5-18/h1-10,21-22,30H,11-16H2. The van der Waals surface area contributed by atoms with Crippen LogP contribution in [0.2, 0.25) is 10.0 Å². The molecule has 2 aromatic carbocycles. The van der Waals surface area contributed by atoms with E-state index in [0.717, 1.165) is 5.56 Å². The minimum absolute atomic E-state index is 0.0163. The van der Waals surface area contributed by atoms with Crippen LogP contribution < -0.4 is 0 Å². The minimum atomic E-state index is -0.610. The van der Waals surface area contributed by atoms with Crippen molar-refractivity contribution in [3.05, 3.63) is 75.8 Å². The number of likely N-dealkylation sites (tertiary alicyclic amines) is 1. The van der Waals surface area contributed by atoms with Gasteiger partial charge in [0, 0.05) is 61.0 Å². The Morgan fingerprint density at radius 2 is 1.44 bits per heavy atom. The van der Waals surface area contributed by atoms with Crippen LogP contribution in [0.4, 0.5) is 0 Å². The van der Waals surface area contributed by atoms with Crippen LogP contribution in [0.25, 0.3) is 6.08 Å². The molecule has 6 nitrogen and oxygen atoms in total. The molecule has 2 saturated heterocycles. The maximum absolute atomic E-state index is 12.7. The summed E-state index contributed by atoms with van der Waals surface area (Å²) < 4.78 is 0. The number of aliphatic hydroxyl groups excluding tert-OH is 1. The van der Waals surface area contributed by atoms with Crippen molar-refractivity contribution < 1.29 is 14.7 Å². The number of benzene rings is 2. The van der Waals surface area contributed by atoms with Gasteiger partial charge in [-0.25, -0.2) is 0 Å². The molecule has 2 atom stereocenters.